The van der Waals surface area contributed by atoms with E-state index in [0.717, 1.165) is 64.6 Å². The molecular formula is C28H42O5. The Hall–Kier alpha value is -1.19. The third-order valence-corrected chi connectivity index (χ3v) is 7.92. The average molecular weight is 459 g/mol. The molecule has 0 amide bonds. The number of ether oxygens (including phenoxy) is 4. The number of fused-ring (bicyclic) bond motifs is 1. The summed E-state index contributed by atoms with van der Waals surface area (Å²) < 4.78 is 24.8. The molecule has 7 atom stereocenters. The first-order valence-corrected chi connectivity index (χ1v) is 13.1. The van der Waals surface area contributed by atoms with Gasteiger partial charge in [0.15, 0.2) is 12.6 Å². The van der Waals surface area contributed by atoms with Gasteiger partial charge in [-0.2, -0.15) is 0 Å². The minimum atomic E-state index is -0.158. The Morgan fingerprint density at radius 3 is 2.48 bits per heavy atom. The Balaban J connectivity index is 1.51. The second-order valence-electron chi connectivity index (χ2n) is 11.0. The molecular weight excluding hydrogens is 416 g/mol. The molecule has 2 aliphatic heterocycles. The summed E-state index contributed by atoms with van der Waals surface area (Å²) in [6.45, 7) is 7.87. The standard InChI is InChI=1S/C28H42O5/c1-4-5-14-28(2,3)25(33-27-11-7-9-16-31-27)13-12-22-23-19-21(29)17-20(23)18-24(22)32-26-10-6-8-15-30-26/h12-13,20,22-27H,6-11,14-19H2,1-3H3/t20-,22+,23-,24+,25+,26?,27?/m0/s1. The fourth-order valence-electron chi connectivity index (χ4n) is 5.94. The highest BCUT2D eigenvalue weighted by Gasteiger charge is 2.48. The van der Waals surface area contributed by atoms with Gasteiger partial charge in [-0.1, -0.05) is 26.0 Å². The molecule has 0 N–H and O–H groups in total. The van der Waals surface area contributed by atoms with Crippen molar-refractivity contribution >= 4 is 5.78 Å². The number of hydrogen-bond acceptors (Lipinski definition) is 5. The summed E-state index contributed by atoms with van der Waals surface area (Å²) in [5, 5.41) is 0. The Kier molecular flexibility index (Phi) is 8.68. The topological polar surface area (TPSA) is 54.0 Å². The van der Waals surface area contributed by atoms with E-state index in [9.17, 15) is 4.79 Å². The van der Waals surface area contributed by atoms with E-state index in [1.165, 1.54) is 0 Å². The van der Waals surface area contributed by atoms with Crippen LogP contribution in [0.5, 0.6) is 0 Å². The molecule has 2 aliphatic carbocycles. The lowest BCUT2D eigenvalue weighted by Gasteiger charge is -2.35. The van der Waals surface area contributed by atoms with Gasteiger partial charge in [0.1, 0.15) is 5.78 Å². The van der Waals surface area contributed by atoms with Crippen molar-refractivity contribution in [2.75, 3.05) is 13.2 Å². The van der Waals surface area contributed by atoms with Crippen LogP contribution in [0.25, 0.3) is 0 Å². The van der Waals surface area contributed by atoms with Crippen LogP contribution >= 0.6 is 0 Å². The second-order valence-corrected chi connectivity index (χ2v) is 11.0. The minimum Gasteiger partial charge on any atom is -0.353 e. The summed E-state index contributed by atoms with van der Waals surface area (Å²) in [5.41, 5.74) is -0.146. The Bertz CT molecular complexity index is 735. The van der Waals surface area contributed by atoms with Crippen LogP contribution in [-0.2, 0) is 23.7 Å². The SMILES string of the molecule is CC#CCC(C)(C)[C@@H](C=C[C@@H]1[C@H]2CC(=O)C[C@H]2C[C@H]1OC1CCCCO1)OC1CCCCO1. The molecule has 5 nitrogen and oxygen atoms in total. The average Bonchev–Trinajstić information content (AvgIpc) is 3.32. The normalized spacial score (nSPS) is 35.9. The minimum absolute atomic E-state index is 0.104. The van der Waals surface area contributed by atoms with Crippen LogP contribution in [0.2, 0.25) is 0 Å². The van der Waals surface area contributed by atoms with Crippen LogP contribution < -0.4 is 0 Å². The highest BCUT2D eigenvalue weighted by Crippen LogP contribution is 2.49. The summed E-state index contributed by atoms with van der Waals surface area (Å²) in [5.74, 6) is 7.70. The number of hydrogen-bond donors (Lipinski definition) is 0. The van der Waals surface area contributed by atoms with E-state index in [0.29, 0.717) is 30.5 Å². The summed E-state index contributed by atoms with van der Waals surface area (Å²) >= 11 is 0. The van der Waals surface area contributed by atoms with Crippen LogP contribution in [-0.4, -0.2) is 43.8 Å². The van der Waals surface area contributed by atoms with Gasteiger partial charge in [-0.15, -0.1) is 11.8 Å². The lowest BCUT2D eigenvalue weighted by molar-refractivity contribution is -0.197. The monoisotopic (exact) mass is 458 g/mol. The molecule has 2 saturated carbocycles. The molecule has 4 rings (SSSR count). The molecule has 2 unspecified atom stereocenters. The molecule has 33 heavy (non-hydrogen) atoms. The van der Waals surface area contributed by atoms with E-state index in [2.05, 4.69) is 37.8 Å². The van der Waals surface area contributed by atoms with Crippen LogP contribution in [0.4, 0.5) is 0 Å². The zero-order valence-electron chi connectivity index (χ0n) is 20.7. The first-order valence-electron chi connectivity index (χ1n) is 13.1. The van der Waals surface area contributed by atoms with E-state index in [4.69, 9.17) is 18.9 Å². The van der Waals surface area contributed by atoms with Gasteiger partial charge in [0.2, 0.25) is 0 Å². The Morgan fingerprint density at radius 2 is 1.82 bits per heavy atom. The fraction of sp³-hybridized carbons (Fsp3) is 0.821. The number of carbonyl (C=O) groups excluding carboxylic acids is 1. The van der Waals surface area contributed by atoms with Crippen LogP contribution in [0, 0.1) is 35.0 Å². The quantitative estimate of drug-likeness (QED) is 0.359. The van der Waals surface area contributed by atoms with E-state index in [1.807, 2.05) is 6.92 Å². The van der Waals surface area contributed by atoms with Crippen molar-refractivity contribution in [1.29, 1.82) is 0 Å². The van der Waals surface area contributed by atoms with Gasteiger partial charge in [0.05, 0.1) is 12.2 Å². The number of rotatable bonds is 8. The number of carbonyl (C=O) groups is 1. The molecule has 184 valence electrons. The number of Topliss-reactive ketones (excluding diaryl/α,β-unsaturated/α-hetero) is 1. The maximum atomic E-state index is 12.2. The highest BCUT2D eigenvalue weighted by molar-refractivity contribution is 5.81. The highest BCUT2D eigenvalue weighted by atomic mass is 16.7. The van der Waals surface area contributed by atoms with Gasteiger partial charge in [0, 0.05) is 43.8 Å². The maximum absolute atomic E-state index is 12.2. The lowest BCUT2D eigenvalue weighted by Crippen LogP contribution is -2.36. The van der Waals surface area contributed by atoms with Crippen molar-refractivity contribution in [2.24, 2.45) is 23.2 Å². The molecule has 0 aromatic carbocycles. The van der Waals surface area contributed by atoms with Gasteiger partial charge >= 0.3 is 0 Å². The van der Waals surface area contributed by atoms with Crippen molar-refractivity contribution in [3.63, 3.8) is 0 Å². The molecule has 0 bridgehead atoms. The molecule has 0 aromatic heterocycles. The van der Waals surface area contributed by atoms with Crippen molar-refractivity contribution in [1.82, 2.24) is 0 Å². The zero-order valence-corrected chi connectivity index (χ0v) is 20.7. The van der Waals surface area contributed by atoms with Crippen molar-refractivity contribution < 1.29 is 23.7 Å². The van der Waals surface area contributed by atoms with E-state index < -0.39 is 0 Å². The summed E-state index contributed by atoms with van der Waals surface area (Å²) in [6.07, 6.45) is 13.8. The van der Waals surface area contributed by atoms with Crippen LogP contribution in [0.1, 0.15) is 85.0 Å². The lowest BCUT2D eigenvalue weighted by atomic mass is 9.81. The number of ketones is 1. The predicted molar refractivity (Wildman–Crippen MR) is 127 cm³/mol. The van der Waals surface area contributed by atoms with Gasteiger partial charge in [-0.05, 0) is 63.7 Å². The van der Waals surface area contributed by atoms with Gasteiger partial charge in [-0.3, -0.25) is 4.79 Å². The van der Waals surface area contributed by atoms with Crippen molar-refractivity contribution in [3.8, 4) is 11.8 Å². The smallest absolute Gasteiger partial charge is 0.158 e. The second kappa shape index (κ2) is 11.5. The van der Waals surface area contributed by atoms with Crippen LogP contribution in [0.3, 0.4) is 0 Å². The molecule has 2 saturated heterocycles. The first-order chi connectivity index (χ1) is 16.0. The third kappa shape index (κ3) is 6.48. The summed E-state index contributed by atoms with van der Waals surface area (Å²) in [4.78, 5) is 12.2. The third-order valence-electron chi connectivity index (χ3n) is 7.92. The molecule has 0 aromatic rings. The predicted octanol–water partition coefficient (Wildman–Crippen LogP) is 5.42. The van der Waals surface area contributed by atoms with Gasteiger partial charge < -0.3 is 18.9 Å². The Labute approximate surface area is 199 Å². The molecule has 0 spiro atoms. The Morgan fingerprint density at radius 1 is 1.09 bits per heavy atom. The maximum Gasteiger partial charge on any atom is 0.158 e. The summed E-state index contributed by atoms with van der Waals surface area (Å²) in [6, 6.07) is 0. The molecule has 4 aliphatic rings. The zero-order chi connectivity index (χ0) is 23.3. The fourth-order valence-corrected chi connectivity index (χ4v) is 5.94. The van der Waals surface area contributed by atoms with Crippen molar-refractivity contribution in [3.05, 3.63) is 12.2 Å². The van der Waals surface area contributed by atoms with E-state index >= 15 is 0 Å². The largest absolute Gasteiger partial charge is 0.353 e. The van der Waals surface area contributed by atoms with E-state index in [-0.39, 0.29) is 36.1 Å². The van der Waals surface area contributed by atoms with E-state index in [1.54, 1.807) is 0 Å². The molecule has 4 fully saturated rings. The van der Waals surface area contributed by atoms with Gasteiger partial charge in [0.25, 0.3) is 0 Å². The molecule has 0 radical (unpaired) electrons. The van der Waals surface area contributed by atoms with Crippen LogP contribution in [0.15, 0.2) is 12.2 Å². The molecule has 5 heteroatoms. The van der Waals surface area contributed by atoms with Crippen molar-refractivity contribution in [2.45, 2.75) is 110 Å². The summed E-state index contributed by atoms with van der Waals surface area (Å²) in [7, 11) is 0. The van der Waals surface area contributed by atoms with Gasteiger partial charge in [-0.25, -0.2) is 0 Å². The first kappa shape index (κ1) is 24.9. The molecule has 2 heterocycles.